The van der Waals surface area contributed by atoms with E-state index in [0.717, 1.165) is 6.42 Å². The first-order valence-electron chi connectivity index (χ1n) is 6.87. The van der Waals surface area contributed by atoms with E-state index >= 15 is 0 Å². The second kappa shape index (κ2) is 5.40. The molecule has 5 heteroatoms. The Labute approximate surface area is 118 Å². The molecule has 1 aliphatic heterocycles. The second-order valence-corrected chi connectivity index (χ2v) is 5.66. The number of primary amides is 1. The van der Waals surface area contributed by atoms with Crippen LogP contribution in [0, 0.1) is 5.82 Å². The van der Waals surface area contributed by atoms with Crippen molar-refractivity contribution in [1.82, 2.24) is 0 Å². The molecule has 1 heterocycles. The average molecular weight is 280 g/mol. The molecule has 110 valence electrons. The molecule has 2 atom stereocenters. The van der Waals surface area contributed by atoms with Crippen LogP contribution in [0.3, 0.4) is 0 Å². The molecule has 0 saturated carbocycles. The third-order valence-electron chi connectivity index (χ3n) is 4.08. The summed E-state index contributed by atoms with van der Waals surface area (Å²) in [4.78, 5) is 12.0. The molecule has 0 radical (unpaired) electrons. The number of carbonyl (C=O) groups excluding carboxylic acids is 1. The van der Waals surface area contributed by atoms with Crippen LogP contribution < -0.4 is 11.1 Å². The highest BCUT2D eigenvalue weighted by molar-refractivity contribution is 5.88. The first kappa shape index (κ1) is 14.8. The van der Waals surface area contributed by atoms with Gasteiger partial charge in [-0.3, -0.25) is 4.79 Å². The number of halogens is 1. The van der Waals surface area contributed by atoms with Gasteiger partial charge < -0.3 is 15.8 Å². The fraction of sp³-hybridized carbons (Fsp3) is 0.533. The van der Waals surface area contributed by atoms with Crippen LogP contribution in [0.15, 0.2) is 24.3 Å². The van der Waals surface area contributed by atoms with E-state index in [1.54, 1.807) is 12.1 Å². The van der Waals surface area contributed by atoms with Crippen LogP contribution in [0.5, 0.6) is 0 Å². The predicted molar refractivity (Wildman–Crippen MR) is 75.8 cm³/mol. The first-order chi connectivity index (χ1) is 9.39. The Balaban J connectivity index is 2.28. The van der Waals surface area contributed by atoms with Gasteiger partial charge >= 0.3 is 0 Å². The summed E-state index contributed by atoms with van der Waals surface area (Å²) >= 11 is 0. The normalized spacial score (nSPS) is 29.9. The fourth-order valence-corrected chi connectivity index (χ4v) is 2.70. The number of ether oxygens (including phenoxy) is 1. The lowest BCUT2D eigenvalue weighted by Crippen LogP contribution is -2.59. The molecule has 2 unspecified atom stereocenters. The van der Waals surface area contributed by atoms with Crippen molar-refractivity contribution in [2.24, 2.45) is 5.73 Å². The number of rotatable bonds is 4. The molecule has 1 aliphatic rings. The predicted octanol–water partition coefficient (Wildman–Crippen LogP) is 2.44. The van der Waals surface area contributed by atoms with Gasteiger partial charge in [-0.05, 0) is 31.5 Å². The van der Waals surface area contributed by atoms with Crippen molar-refractivity contribution in [3.63, 3.8) is 0 Å². The Kier molecular flexibility index (Phi) is 3.99. The van der Waals surface area contributed by atoms with Gasteiger partial charge in [-0.2, -0.15) is 0 Å². The zero-order chi connectivity index (χ0) is 14.8. The lowest BCUT2D eigenvalue weighted by Gasteiger charge is -2.45. The molecular weight excluding hydrogens is 259 g/mol. The monoisotopic (exact) mass is 280 g/mol. The van der Waals surface area contributed by atoms with E-state index in [1.165, 1.54) is 12.1 Å². The SMILES string of the molecule is CCC1(C)CC(Nc2cccc(F)c2)(C(N)=O)CCO1. The molecule has 0 aliphatic carbocycles. The van der Waals surface area contributed by atoms with Gasteiger partial charge in [0.25, 0.3) is 0 Å². The third-order valence-corrected chi connectivity index (χ3v) is 4.08. The van der Waals surface area contributed by atoms with E-state index in [4.69, 9.17) is 10.5 Å². The summed E-state index contributed by atoms with van der Waals surface area (Å²) in [6.45, 7) is 4.44. The van der Waals surface area contributed by atoms with Crippen LogP contribution in [0.1, 0.15) is 33.1 Å². The van der Waals surface area contributed by atoms with Gasteiger partial charge in [-0.25, -0.2) is 4.39 Å². The highest BCUT2D eigenvalue weighted by atomic mass is 19.1. The molecule has 2 rings (SSSR count). The van der Waals surface area contributed by atoms with Crippen molar-refractivity contribution < 1.29 is 13.9 Å². The van der Waals surface area contributed by atoms with Crippen molar-refractivity contribution >= 4 is 11.6 Å². The van der Waals surface area contributed by atoms with Gasteiger partial charge in [0.05, 0.1) is 12.2 Å². The summed E-state index contributed by atoms with van der Waals surface area (Å²) in [6, 6.07) is 6.06. The number of anilines is 1. The molecule has 3 N–H and O–H groups in total. The Morgan fingerprint density at radius 3 is 2.90 bits per heavy atom. The van der Waals surface area contributed by atoms with Crippen LogP contribution in [0.2, 0.25) is 0 Å². The minimum absolute atomic E-state index is 0.347. The maximum absolute atomic E-state index is 13.3. The van der Waals surface area contributed by atoms with Crippen molar-refractivity contribution in [3.8, 4) is 0 Å². The number of hydrogen-bond acceptors (Lipinski definition) is 3. The number of carbonyl (C=O) groups is 1. The summed E-state index contributed by atoms with van der Waals surface area (Å²) in [5.74, 6) is -0.773. The van der Waals surface area contributed by atoms with Crippen LogP contribution in [0.4, 0.5) is 10.1 Å². The Hall–Kier alpha value is -1.62. The number of amides is 1. The second-order valence-electron chi connectivity index (χ2n) is 5.66. The Morgan fingerprint density at radius 2 is 2.30 bits per heavy atom. The van der Waals surface area contributed by atoms with E-state index in [9.17, 15) is 9.18 Å². The smallest absolute Gasteiger partial charge is 0.243 e. The quantitative estimate of drug-likeness (QED) is 0.890. The standard InChI is InChI=1S/C15H21FN2O2/c1-3-14(2)10-15(13(17)19,7-8-20-14)18-12-6-4-5-11(16)9-12/h4-6,9,18H,3,7-8,10H2,1-2H3,(H2,17,19). The van der Waals surface area contributed by atoms with Crippen LogP contribution >= 0.6 is 0 Å². The summed E-state index contributed by atoms with van der Waals surface area (Å²) in [5, 5.41) is 3.13. The number of benzene rings is 1. The summed E-state index contributed by atoms with van der Waals surface area (Å²) in [5.41, 5.74) is 4.89. The third kappa shape index (κ3) is 2.93. The summed E-state index contributed by atoms with van der Waals surface area (Å²) in [6.07, 6.45) is 1.74. The molecule has 1 fully saturated rings. The van der Waals surface area contributed by atoms with E-state index in [1.807, 2.05) is 13.8 Å². The molecule has 20 heavy (non-hydrogen) atoms. The highest BCUT2D eigenvalue weighted by Gasteiger charge is 2.46. The Bertz CT molecular complexity index is 508. The average Bonchev–Trinajstić information content (AvgIpc) is 2.38. The lowest BCUT2D eigenvalue weighted by molar-refractivity contribution is -0.135. The lowest BCUT2D eigenvalue weighted by atomic mass is 9.78. The molecule has 0 spiro atoms. The maximum atomic E-state index is 13.3. The molecule has 1 aromatic rings. The number of nitrogens with two attached hydrogens (primary N) is 1. The molecule has 4 nitrogen and oxygen atoms in total. The van der Waals surface area contributed by atoms with E-state index in [0.29, 0.717) is 25.1 Å². The van der Waals surface area contributed by atoms with Gasteiger partial charge in [-0.1, -0.05) is 13.0 Å². The first-order valence-corrected chi connectivity index (χ1v) is 6.87. The topological polar surface area (TPSA) is 64.3 Å². The van der Waals surface area contributed by atoms with Crippen molar-refractivity contribution in [2.75, 3.05) is 11.9 Å². The van der Waals surface area contributed by atoms with E-state index < -0.39 is 17.0 Å². The Morgan fingerprint density at radius 1 is 1.55 bits per heavy atom. The van der Waals surface area contributed by atoms with Gasteiger partial charge in [0, 0.05) is 18.5 Å². The number of nitrogens with one attached hydrogen (secondary N) is 1. The molecule has 1 saturated heterocycles. The molecule has 1 amide bonds. The maximum Gasteiger partial charge on any atom is 0.243 e. The highest BCUT2D eigenvalue weighted by Crippen LogP contribution is 2.36. The van der Waals surface area contributed by atoms with Crippen molar-refractivity contribution in [3.05, 3.63) is 30.1 Å². The van der Waals surface area contributed by atoms with Crippen molar-refractivity contribution in [1.29, 1.82) is 0 Å². The van der Waals surface area contributed by atoms with Gasteiger partial charge in [0.1, 0.15) is 11.4 Å². The van der Waals surface area contributed by atoms with Crippen LogP contribution in [-0.4, -0.2) is 23.7 Å². The van der Waals surface area contributed by atoms with Gasteiger partial charge in [-0.15, -0.1) is 0 Å². The summed E-state index contributed by atoms with van der Waals surface area (Å²) in [7, 11) is 0. The van der Waals surface area contributed by atoms with Crippen LogP contribution in [-0.2, 0) is 9.53 Å². The van der Waals surface area contributed by atoms with Crippen molar-refractivity contribution in [2.45, 2.75) is 44.2 Å². The number of hydrogen-bond donors (Lipinski definition) is 2. The molecule has 0 bridgehead atoms. The van der Waals surface area contributed by atoms with E-state index in [-0.39, 0.29) is 5.82 Å². The minimum Gasteiger partial charge on any atom is -0.375 e. The molecule has 0 aromatic heterocycles. The molecular formula is C15H21FN2O2. The van der Waals surface area contributed by atoms with Gasteiger partial charge in [0.2, 0.25) is 5.91 Å². The van der Waals surface area contributed by atoms with Gasteiger partial charge in [0.15, 0.2) is 0 Å². The molecule has 1 aromatic carbocycles. The zero-order valence-corrected chi connectivity index (χ0v) is 11.9. The van der Waals surface area contributed by atoms with E-state index in [2.05, 4.69) is 5.32 Å². The largest absolute Gasteiger partial charge is 0.375 e. The fourth-order valence-electron chi connectivity index (χ4n) is 2.70. The summed E-state index contributed by atoms with van der Waals surface area (Å²) < 4.78 is 19.0. The zero-order valence-electron chi connectivity index (χ0n) is 11.9. The van der Waals surface area contributed by atoms with Crippen LogP contribution in [0.25, 0.3) is 0 Å². The minimum atomic E-state index is -0.892.